The van der Waals surface area contributed by atoms with Crippen LogP contribution in [0.3, 0.4) is 0 Å². The first-order chi connectivity index (χ1) is 22.0. The number of nitrogens with one attached hydrogen (secondary N) is 1. The molecule has 0 radical (unpaired) electrons. The van der Waals surface area contributed by atoms with Gasteiger partial charge in [0.05, 0.1) is 46.2 Å². The SMILES string of the molecule is O=C(O)C(F)(F)F.[N-]=[N+]=NCCOCCOCCOCCNC(=O)c1ccc(O[C@@H]2O[C@H](CO)[C@H](O)[C@H](O)[C@H]2O)c(OS(=O)(=O)O)c1. The number of azide groups is 1. The van der Waals surface area contributed by atoms with Crippen molar-refractivity contribution in [1.82, 2.24) is 5.32 Å². The van der Waals surface area contributed by atoms with Gasteiger partial charge in [-0.1, -0.05) is 5.11 Å². The number of carboxylic acid groups (broad SMARTS) is 1. The minimum atomic E-state index is -5.08. The minimum absolute atomic E-state index is 0.0823. The van der Waals surface area contributed by atoms with Crippen molar-refractivity contribution in [3.63, 3.8) is 0 Å². The predicted molar refractivity (Wildman–Crippen MR) is 146 cm³/mol. The highest BCUT2D eigenvalue weighted by Gasteiger charge is 2.45. The summed E-state index contributed by atoms with van der Waals surface area (Å²) in [5.74, 6) is -4.48. The number of ether oxygens (including phenoxy) is 5. The molecule has 1 saturated heterocycles. The monoisotopic (exact) mass is 710 g/mol. The van der Waals surface area contributed by atoms with Gasteiger partial charge in [0, 0.05) is 23.6 Å². The number of alkyl halides is 3. The quantitative estimate of drug-likeness (QED) is 0.0308. The fourth-order valence-electron chi connectivity index (χ4n) is 3.25. The molecule has 1 fully saturated rings. The zero-order valence-corrected chi connectivity index (χ0v) is 24.9. The van der Waals surface area contributed by atoms with Gasteiger partial charge in [0.2, 0.25) is 6.29 Å². The van der Waals surface area contributed by atoms with E-state index in [1.807, 2.05) is 0 Å². The third kappa shape index (κ3) is 16.2. The number of amides is 1. The summed E-state index contributed by atoms with van der Waals surface area (Å²) in [6.45, 7) is 1.17. The Balaban J connectivity index is 0.00000141. The molecule has 1 aromatic carbocycles. The lowest BCUT2D eigenvalue weighted by molar-refractivity contribution is -0.277. The number of rotatable bonds is 18. The zero-order chi connectivity index (χ0) is 35.6. The average Bonchev–Trinajstić information content (AvgIpc) is 2.99. The lowest BCUT2D eigenvalue weighted by atomic mass is 9.99. The van der Waals surface area contributed by atoms with Crippen molar-refractivity contribution in [2.75, 3.05) is 59.3 Å². The summed E-state index contributed by atoms with van der Waals surface area (Å²) in [4.78, 5) is 24.0. The second-order valence-corrected chi connectivity index (χ2v) is 9.86. The highest BCUT2D eigenvalue weighted by atomic mass is 32.3. The maximum Gasteiger partial charge on any atom is 0.490 e. The second kappa shape index (κ2) is 20.6. The molecule has 0 aromatic heterocycles. The van der Waals surface area contributed by atoms with E-state index in [2.05, 4.69) is 19.5 Å². The first-order valence-electron chi connectivity index (χ1n) is 13.1. The van der Waals surface area contributed by atoms with Crippen molar-refractivity contribution in [2.24, 2.45) is 5.11 Å². The van der Waals surface area contributed by atoms with Crippen LogP contribution in [0.15, 0.2) is 23.3 Å². The summed E-state index contributed by atoms with van der Waals surface area (Å²) in [5, 5.41) is 52.2. The molecule has 2 rings (SSSR count). The fourth-order valence-corrected chi connectivity index (χ4v) is 3.60. The van der Waals surface area contributed by atoms with Crippen LogP contribution in [-0.2, 0) is 34.1 Å². The van der Waals surface area contributed by atoms with Crippen LogP contribution < -0.4 is 14.2 Å². The molecule has 24 heteroatoms. The van der Waals surface area contributed by atoms with Crippen LogP contribution >= 0.6 is 0 Å². The van der Waals surface area contributed by atoms with Crippen molar-refractivity contribution in [1.29, 1.82) is 0 Å². The number of aliphatic hydroxyl groups is 4. The summed E-state index contributed by atoms with van der Waals surface area (Å²) >= 11 is 0. The maximum absolute atomic E-state index is 12.5. The molecule has 20 nitrogen and oxygen atoms in total. The summed E-state index contributed by atoms with van der Waals surface area (Å²) in [7, 11) is -5.07. The molecule has 5 atom stereocenters. The number of carbonyl (C=O) groups is 2. The molecule has 268 valence electrons. The third-order valence-corrected chi connectivity index (χ3v) is 5.80. The molecule has 0 spiro atoms. The number of nitrogens with zero attached hydrogens (tertiary/aromatic N) is 3. The average molecular weight is 711 g/mol. The van der Waals surface area contributed by atoms with Crippen LogP contribution in [0.5, 0.6) is 11.5 Å². The summed E-state index contributed by atoms with van der Waals surface area (Å²) in [6.07, 6.45) is -13.3. The van der Waals surface area contributed by atoms with Gasteiger partial charge < -0.3 is 58.7 Å². The third-order valence-electron chi connectivity index (χ3n) is 5.41. The molecule has 1 aromatic rings. The number of halogens is 3. The number of carboxylic acids is 1. The van der Waals surface area contributed by atoms with E-state index in [9.17, 15) is 46.8 Å². The standard InChI is InChI=1S/C21H32N4O14S.C2HF3O2/c22-25-24-4-6-35-8-10-36-9-7-34-5-3-23-20(30)13-1-2-14(15(11-13)39-40(31,32)33)37-21-19(29)18(28)17(27)16(12-26)38-21;3-2(4,5)1(6)7/h1-2,11,16-19,21,26-29H,3-10,12H2,(H,23,30)(H,31,32,33);(H,6,7)/t16-,17+,18+,19-,21-;/m1./s1. The minimum Gasteiger partial charge on any atom is -0.475 e. The van der Waals surface area contributed by atoms with Crippen molar-refractivity contribution >= 4 is 22.3 Å². The number of benzene rings is 1. The molecule has 1 heterocycles. The van der Waals surface area contributed by atoms with Gasteiger partial charge in [-0.25, -0.2) is 4.79 Å². The number of hydrogen-bond donors (Lipinski definition) is 7. The van der Waals surface area contributed by atoms with Crippen LogP contribution in [0.2, 0.25) is 0 Å². The van der Waals surface area contributed by atoms with Gasteiger partial charge in [0.25, 0.3) is 5.91 Å². The van der Waals surface area contributed by atoms with E-state index in [0.717, 1.165) is 12.1 Å². The van der Waals surface area contributed by atoms with Crippen LogP contribution in [0.1, 0.15) is 10.4 Å². The molecule has 0 saturated carbocycles. The van der Waals surface area contributed by atoms with Crippen LogP contribution in [-0.4, -0.2) is 147 Å². The molecule has 0 unspecified atom stereocenters. The topological polar surface area (TPSA) is 306 Å². The van der Waals surface area contributed by atoms with E-state index in [0.29, 0.717) is 19.8 Å². The highest BCUT2D eigenvalue weighted by molar-refractivity contribution is 7.81. The number of aliphatic carboxylic acids is 1. The molecule has 47 heavy (non-hydrogen) atoms. The lowest BCUT2D eigenvalue weighted by Crippen LogP contribution is -2.60. The first kappa shape index (κ1) is 41.5. The molecule has 1 aliphatic heterocycles. The Labute approximate surface area is 264 Å². The fraction of sp³-hybridized carbons (Fsp3) is 0.652. The molecule has 7 N–H and O–H groups in total. The smallest absolute Gasteiger partial charge is 0.475 e. The second-order valence-electron chi connectivity index (χ2n) is 8.84. The molecular weight excluding hydrogens is 677 g/mol. The number of aliphatic hydroxyl groups excluding tert-OH is 4. The van der Waals surface area contributed by atoms with Crippen LogP contribution in [0, 0.1) is 0 Å². The van der Waals surface area contributed by atoms with E-state index < -0.39 is 77.3 Å². The van der Waals surface area contributed by atoms with Crippen LogP contribution in [0.4, 0.5) is 13.2 Å². The normalized spacial score (nSPS) is 21.1. The van der Waals surface area contributed by atoms with Gasteiger partial charge in [0.1, 0.15) is 24.4 Å². The van der Waals surface area contributed by atoms with Crippen molar-refractivity contribution < 1.29 is 89.1 Å². The van der Waals surface area contributed by atoms with E-state index >= 15 is 0 Å². The van der Waals surface area contributed by atoms with Gasteiger partial charge in [-0.2, -0.15) is 21.6 Å². The highest BCUT2D eigenvalue weighted by Crippen LogP contribution is 2.33. The van der Waals surface area contributed by atoms with E-state index in [4.69, 9.17) is 43.7 Å². The molecule has 0 aliphatic carbocycles. The largest absolute Gasteiger partial charge is 0.490 e. The van der Waals surface area contributed by atoms with Crippen molar-refractivity contribution in [3.05, 3.63) is 34.2 Å². The summed E-state index contributed by atoms with van der Waals surface area (Å²) in [5.41, 5.74) is 8.04. The van der Waals surface area contributed by atoms with Crippen molar-refractivity contribution in [2.45, 2.75) is 36.9 Å². The van der Waals surface area contributed by atoms with Gasteiger partial charge in [-0.3, -0.25) is 9.35 Å². The number of carbonyl (C=O) groups excluding carboxylic acids is 1. The Morgan fingerprint density at radius 1 is 0.979 bits per heavy atom. The Morgan fingerprint density at radius 2 is 1.55 bits per heavy atom. The number of hydrogen-bond acceptors (Lipinski definition) is 15. The Kier molecular flexibility index (Phi) is 18.2. The van der Waals surface area contributed by atoms with E-state index in [1.165, 1.54) is 6.07 Å². The molecule has 1 aliphatic rings. The molecular formula is C23H33F3N4O16S. The molecule has 0 bridgehead atoms. The van der Waals surface area contributed by atoms with Gasteiger partial charge in [-0.05, 0) is 23.7 Å². The first-order valence-corrected chi connectivity index (χ1v) is 14.5. The lowest BCUT2D eigenvalue weighted by Gasteiger charge is -2.39. The zero-order valence-electron chi connectivity index (χ0n) is 24.1. The Hall–Kier alpha value is -3.55. The predicted octanol–water partition coefficient (Wildman–Crippen LogP) is -1.23. The maximum atomic E-state index is 12.5. The Morgan fingerprint density at radius 3 is 2.09 bits per heavy atom. The molecule has 1 amide bonds. The summed E-state index contributed by atoms with van der Waals surface area (Å²) in [6, 6.07) is 3.24. The van der Waals surface area contributed by atoms with Gasteiger partial charge in [-0.15, -0.1) is 0 Å². The van der Waals surface area contributed by atoms with Gasteiger partial charge in [0.15, 0.2) is 11.5 Å². The van der Waals surface area contributed by atoms with Crippen LogP contribution in [0.25, 0.3) is 10.4 Å². The van der Waals surface area contributed by atoms with Crippen molar-refractivity contribution in [3.8, 4) is 11.5 Å². The Bertz CT molecular complexity index is 1280. The summed E-state index contributed by atoms with van der Waals surface area (Å²) < 4.78 is 94.4. The van der Waals surface area contributed by atoms with E-state index in [-0.39, 0.29) is 38.5 Å². The van der Waals surface area contributed by atoms with E-state index in [1.54, 1.807) is 0 Å². The van der Waals surface area contributed by atoms with Gasteiger partial charge >= 0.3 is 22.5 Å².